The normalized spacial score (nSPS) is 10.0. The van der Waals surface area contributed by atoms with E-state index in [0.29, 0.717) is 21.4 Å². The molecule has 86 valence electrons. The lowest BCUT2D eigenvalue weighted by atomic mass is 10.2. The summed E-state index contributed by atoms with van der Waals surface area (Å²) in [7, 11) is 0. The molecule has 0 fully saturated rings. The summed E-state index contributed by atoms with van der Waals surface area (Å²) in [5.74, 6) is 0. The van der Waals surface area contributed by atoms with Gasteiger partial charge in [-0.25, -0.2) is 0 Å². The number of nitroso groups, excluding NO2 is 1. The first-order valence-electron chi connectivity index (χ1n) is 4.86. The highest BCUT2D eigenvalue weighted by molar-refractivity contribution is 6.34. The Balaban J connectivity index is 2.40. The van der Waals surface area contributed by atoms with E-state index in [1.165, 1.54) is 0 Å². The molecule has 0 saturated carbocycles. The van der Waals surface area contributed by atoms with Crippen LogP contribution in [0.3, 0.4) is 0 Å². The van der Waals surface area contributed by atoms with E-state index in [4.69, 9.17) is 23.2 Å². The average molecular weight is 267 g/mol. The molecule has 0 spiro atoms. The Labute approximate surface area is 108 Å². The third kappa shape index (κ3) is 2.57. The van der Waals surface area contributed by atoms with Crippen molar-refractivity contribution >= 4 is 40.3 Å². The highest BCUT2D eigenvalue weighted by atomic mass is 35.5. The number of benzene rings is 2. The Bertz CT molecular complexity index is 558. The largest absolute Gasteiger partial charge is 0.352 e. The maximum atomic E-state index is 10.7. The van der Waals surface area contributed by atoms with Crippen molar-refractivity contribution in [3.8, 4) is 0 Å². The molecule has 0 amide bonds. The fourth-order valence-electron chi connectivity index (χ4n) is 1.42. The molecule has 0 radical (unpaired) electrons. The summed E-state index contributed by atoms with van der Waals surface area (Å²) in [6.07, 6.45) is 0. The highest BCUT2D eigenvalue weighted by Crippen LogP contribution is 2.36. The summed E-state index contributed by atoms with van der Waals surface area (Å²) in [5.41, 5.74) is 1.40. The summed E-state index contributed by atoms with van der Waals surface area (Å²) in [5, 5.41) is 6.79. The minimum absolute atomic E-state index is 0.175. The molecule has 2 rings (SSSR count). The van der Waals surface area contributed by atoms with E-state index in [0.717, 1.165) is 0 Å². The summed E-state index contributed by atoms with van der Waals surface area (Å²) in [4.78, 5) is 10.7. The van der Waals surface area contributed by atoms with Gasteiger partial charge in [0.25, 0.3) is 0 Å². The molecule has 5 heteroatoms. The second kappa shape index (κ2) is 5.17. The van der Waals surface area contributed by atoms with Gasteiger partial charge in [0.1, 0.15) is 5.69 Å². The van der Waals surface area contributed by atoms with Gasteiger partial charge in [0.05, 0.1) is 21.4 Å². The van der Waals surface area contributed by atoms with Crippen LogP contribution in [0.25, 0.3) is 0 Å². The van der Waals surface area contributed by atoms with Crippen molar-refractivity contribution < 1.29 is 0 Å². The fourth-order valence-corrected chi connectivity index (χ4v) is 1.81. The molecule has 0 aliphatic rings. The smallest absolute Gasteiger partial charge is 0.149 e. The molecule has 17 heavy (non-hydrogen) atoms. The predicted molar refractivity (Wildman–Crippen MR) is 71.6 cm³/mol. The second-order valence-corrected chi connectivity index (χ2v) is 4.15. The van der Waals surface area contributed by atoms with E-state index >= 15 is 0 Å². The first-order valence-corrected chi connectivity index (χ1v) is 5.61. The van der Waals surface area contributed by atoms with Crippen molar-refractivity contribution in [1.82, 2.24) is 0 Å². The van der Waals surface area contributed by atoms with Crippen molar-refractivity contribution in [2.75, 3.05) is 5.32 Å². The minimum Gasteiger partial charge on any atom is -0.352 e. The van der Waals surface area contributed by atoms with Crippen LogP contribution in [0.2, 0.25) is 10.0 Å². The molecule has 0 atom stereocenters. The second-order valence-electron chi connectivity index (χ2n) is 3.33. The van der Waals surface area contributed by atoms with E-state index in [2.05, 4.69) is 10.5 Å². The molecule has 2 aromatic rings. The standard InChI is InChI=1S/C12H8Cl2N2O/c13-8-4-1-2-6-10(8)15-11-7-3-5-9(14)12(11)16-17/h1-7,15H. The lowest BCUT2D eigenvalue weighted by Crippen LogP contribution is -1.91. The van der Waals surface area contributed by atoms with Gasteiger partial charge < -0.3 is 5.32 Å². The molecule has 1 N–H and O–H groups in total. The predicted octanol–water partition coefficient (Wildman–Crippen LogP) is 5.13. The fraction of sp³-hybridized carbons (Fsp3) is 0. The third-order valence-electron chi connectivity index (χ3n) is 2.22. The quantitative estimate of drug-likeness (QED) is 0.782. The molecule has 0 saturated heterocycles. The summed E-state index contributed by atoms with van der Waals surface area (Å²) in [6, 6.07) is 12.3. The molecule has 0 heterocycles. The molecule has 0 bridgehead atoms. The van der Waals surface area contributed by atoms with Crippen molar-refractivity contribution in [2.24, 2.45) is 5.18 Å². The Morgan fingerprint density at radius 2 is 1.53 bits per heavy atom. The van der Waals surface area contributed by atoms with Gasteiger partial charge in [-0.3, -0.25) is 0 Å². The molecule has 3 nitrogen and oxygen atoms in total. The molecule has 0 aromatic heterocycles. The summed E-state index contributed by atoms with van der Waals surface area (Å²) < 4.78 is 0. The van der Waals surface area contributed by atoms with E-state index in [-0.39, 0.29) is 5.69 Å². The monoisotopic (exact) mass is 266 g/mol. The Hall–Kier alpha value is -1.58. The van der Waals surface area contributed by atoms with Crippen LogP contribution in [0.4, 0.5) is 17.1 Å². The Kier molecular flexibility index (Phi) is 3.61. The number of rotatable bonds is 3. The maximum Gasteiger partial charge on any atom is 0.149 e. The van der Waals surface area contributed by atoms with Gasteiger partial charge in [-0.1, -0.05) is 41.4 Å². The first-order chi connectivity index (χ1) is 8.22. The number of para-hydroxylation sites is 1. The molecule has 0 aliphatic carbocycles. The molecular weight excluding hydrogens is 259 g/mol. The van der Waals surface area contributed by atoms with Gasteiger partial charge in [0, 0.05) is 0 Å². The number of halogens is 2. The topological polar surface area (TPSA) is 41.5 Å². The van der Waals surface area contributed by atoms with Crippen LogP contribution in [0.5, 0.6) is 0 Å². The van der Waals surface area contributed by atoms with Crippen LogP contribution in [-0.2, 0) is 0 Å². The number of hydrogen-bond donors (Lipinski definition) is 1. The molecule has 2 aromatic carbocycles. The van der Waals surface area contributed by atoms with Gasteiger partial charge >= 0.3 is 0 Å². The lowest BCUT2D eigenvalue weighted by Gasteiger charge is -2.10. The zero-order valence-electron chi connectivity index (χ0n) is 8.65. The van der Waals surface area contributed by atoms with E-state index in [1.807, 2.05) is 12.1 Å². The zero-order chi connectivity index (χ0) is 12.3. The maximum absolute atomic E-state index is 10.7. The summed E-state index contributed by atoms with van der Waals surface area (Å²) in [6.45, 7) is 0. The number of hydrogen-bond acceptors (Lipinski definition) is 3. The minimum atomic E-state index is 0.175. The van der Waals surface area contributed by atoms with Crippen molar-refractivity contribution in [2.45, 2.75) is 0 Å². The van der Waals surface area contributed by atoms with Gasteiger partial charge in [-0.05, 0) is 29.4 Å². The van der Waals surface area contributed by atoms with Crippen molar-refractivity contribution in [3.05, 3.63) is 57.4 Å². The van der Waals surface area contributed by atoms with Crippen LogP contribution >= 0.6 is 23.2 Å². The summed E-state index contributed by atoms with van der Waals surface area (Å²) >= 11 is 11.9. The zero-order valence-corrected chi connectivity index (χ0v) is 10.2. The van der Waals surface area contributed by atoms with Crippen LogP contribution in [-0.4, -0.2) is 0 Å². The molecular formula is C12H8Cl2N2O. The number of nitrogens with one attached hydrogen (secondary N) is 1. The van der Waals surface area contributed by atoms with Gasteiger partial charge in [0.2, 0.25) is 0 Å². The highest BCUT2D eigenvalue weighted by Gasteiger charge is 2.08. The Morgan fingerprint density at radius 1 is 0.882 bits per heavy atom. The Morgan fingerprint density at radius 3 is 2.24 bits per heavy atom. The van der Waals surface area contributed by atoms with E-state index in [1.54, 1.807) is 30.3 Å². The van der Waals surface area contributed by atoms with E-state index in [9.17, 15) is 4.91 Å². The molecule has 0 aliphatic heterocycles. The van der Waals surface area contributed by atoms with Crippen molar-refractivity contribution in [1.29, 1.82) is 0 Å². The van der Waals surface area contributed by atoms with Crippen LogP contribution in [0.15, 0.2) is 47.6 Å². The van der Waals surface area contributed by atoms with Crippen molar-refractivity contribution in [3.63, 3.8) is 0 Å². The van der Waals surface area contributed by atoms with Gasteiger partial charge in [-0.2, -0.15) is 0 Å². The van der Waals surface area contributed by atoms with Gasteiger partial charge in [-0.15, -0.1) is 4.91 Å². The molecule has 0 unspecified atom stereocenters. The number of nitrogens with zero attached hydrogens (tertiary/aromatic N) is 1. The van der Waals surface area contributed by atoms with Crippen LogP contribution in [0.1, 0.15) is 0 Å². The number of anilines is 2. The third-order valence-corrected chi connectivity index (χ3v) is 2.86. The SMILES string of the molecule is O=Nc1c(Cl)cccc1Nc1ccccc1Cl. The lowest BCUT2D eigenvalue weighted by molar-refractivity contribution is 1.46. The van der Waals surface area contributed by atoms with Crippen LogP contribution in [0, 0.1) is 4.91 Å². The van der Waals surface area contributed by atoms with E-state index < -0.39 is 0 Å². The average Bonchev–Trinajstić information content (AvgIpc) is 2.32. The van der Waals surface area contributed by atoms with Crippen LogP contribution < -0.4 is 5.32 Å². The first kappa shape index (κ1) is 11.9. The van der Waals surface area contributed by atoms with Gasteiger partial charge in [0.15, 0.2) is 0 Å².